The van der Waals surface area contributed by atoms with Crippen molar-refractivity contribution in [3.63, 3.8) is 0 Å². The van der Waals surface area contributed by atoms with Gasteiger partial charge in [-0.05, 0) is 12.1 Å². The lowest BCUT2D eigenvalue weighted by Gasteiger charge is -2.06. The van der Waals surface area contributed by atoms with Gasteiger partial charge in [0.25, 0.3) is 0 Å². The fourth-order valence-electron chi connectivity index (χ4n) is 1.73. The molecule has 0 aliphatic heterocycles. The number of rotatable bonds is 3. The first-order valence-electron chi connectivity index (χ1n) is 5.49. The number of pyridine rings is 1. The van der Waals surface area contributed by atoms with Crippen molar-refractivity contribution in [2.75, 3.05) is 5.73 Å². The third-order valence-corrected chi connectivity index (χ3v) is 3.34. The molecule has 18 heavy (non-hydrogen) atoms. The topological polar surface area (TPSA) is 61.0 Å². The number of anilines is 1. The van der Waals surface area contributed by atoms with E-state index < -0.39 is 0 Å². The molecule has 3 aromatic rings. The Morgan fingerprint density at radius 1 is 1.17 bits per heavy atom. The highest BCUT2D eigenvalue weighted by Crippen LogP contribution is 2.24. The number of nitrogens with two attached hydrogens (primary N) is 1. The van der Waals surface area contributed by atoms with Crippen LogP contribution < -0.4 is 10.5 Å². The first-order chi connectivity index (χ1) is 8.83. The molecule has 0 fully saturated rings. The molecule has 0 saturated carbocycles. The summed E-state index contributed by atoms with van der Waals surface area (Å²) in [5.41, 5.74) is 6.45. The van der Waals surface area contributed by atoms with E-state index in [1.54, 1.807) is 12.4 Å². The fourth-order valence-corrected chi connectivity index (χ4v) is 2.33. The lowest BCUT2D eigenvalue weighted by molar-refractivity contribution is 0.313. The highest BCUT2D eigenvalue weighted by atomic mass is 32.1. The molecule has 0 bridgehead atoms. The number of aromatic nitrogens is 2. The summed E-state index contributed by atoms with van der Waals surface area (Å²) in [6, 6.07) is 9.82. The van der Waals surface area contributed by atoms with Crippen molar-refractivity contribution in [2.24, 2.45) is 0 Å². The van der Waals surface area contributed by atoms with Crippen LogP contribution in [0.1, 0.15) is 4.88 Å². The fraction of sp³-hybridized carbons (Fsp3) is 0.0769. The molecule has 2 aromatic heterocycles. The Kier molecular flexibility index (Phi) is 2.82. The maximum absolute atomic E-state index is 5.77. The van der Waals surface area contributed by atoms with Crippen molar-refractivity contribution in [3.05, 3.63) is 47.6 Å². The molecule has 4 nitrogen and oxygen atoms in total. The minimum absolute atomic E-state index is 0.463. The van der Waals surface area contributed by atoms with Crippen molar-refractivity contribution in [2.45, 2.75) is 6.61 Å². The second kappa shape index (κ2) is 4.62. The highest BCUT2D eigenvalue weighted by Gasteiger charge is 2.04. The van der Waals surface area contributed by atoms with Crippen molar-refractivity contribution >= 4 is 27.4 Å². The molecule has 0 radical (unpaired) electrons. The Morgan fingerprint density at radius 2 is 2.06 bits per heavy atom. The van der Waals surface area contributed by atoms with Gasteiger partial charge < -0.3 is 10.5 Å². The van der Waals surface area contributed by atoms with Crippen molar-refractivity contribution < 1.29 is 4.74 Å². The van der Waals surface area contributed by atoms with E-state index in [-0.39, 0.29) is 0 Å². The van der Waals surface area contributed by atoms with Crippen LogP contribution in [-0.2, 0) is 6.61 Å². The first kappa shape index (κ1) is 11.0. The van der Waals surface area contributed by atoms with Crippen molar-refractivity contribution in [1.29, 1.82) is 0 Å². The van der Waals surface area contributed by atoms with E-state index in [0.717, 1.165) is 21.5 Å². The van der Waals surface area contributed by atoms with Gasteiger partial charge in [-0.25, -0.2) is 4.98 Å². The van der Waals surface area contributed by atoms with Crippen molar-refractivity contribution in [1.82, 2.24) is 9.97 Å². The van der Waals surface area contributed by atoms with Crippen LogP contribution in [0.3, 0.4) is 0 Å². The molecule has 5 heteroatoms. The lowest BCUT2D eigenvalue weighted by Crippen LogP contribution is -1.94. The third-order valence-electron chi connectivity index (χ3n) is 2.54. The summed E-state index contributed by atoms with van der Waals surface area (Å²) in [4.78, 5) is 9.33. The number of nitrogen functional groups attached to an aromatic ring is 1. The van der Waals surface area contributed by atoms with Gasteiger partial charge in [-0.15, -0.1) is 0 Å². The Hall–Kier alpha value is -2.14. The second-order valence-corrected chi connectivity index (χ2v) is 4.93. The Labute approximate surface area is 108 Å². The van der Waals surface area contributed by atoms with Crippen LogP contribution in [-0.4, -0.2) is 9.97 Å². The molecule has 90 valence electrons. The first-order valence-corrected chi connectivity index (χ1v) is 6.31. The van der Waals surface area contributed by atoms with Crippen LogP contribution in [0.5, 0.6) is 5.75 Å². The van der Waals surface area contributed by atoms with Gasteiger partial charge in [-0.2, -0.15) is 0 Å². The summed E-state index contributed by atoms with van der Waals surface area (Å²) in [6.45, 7) is 0.463. The standard InChI is InChI=1S/C13H11N3OS/c14-13-16-7-10(18-13)8-17-11-5-1-3-9-4-2-6-15-12(9)11/h1-7H,8H2,(H2,14,16). The van der Waals surface area contributed by atoms with E-state index in [1.165, 1.54) is 11.3 Å². The third kappa shape index (κ3) is 2.12. The van der Waals surface area contributed by atoms with Gasteiger partial charge in [0.15, 0.2) is 5.13 Å². The molecule has 2 N–H and O–H groups in total. The zero-order valence-corrected chi connectivity index (χ0v) is 10.4. The molecular weight excluding hydrogens is 246 g/mol. The quantitative estimate of drug-likeness (QED) is 0.783. The lowest BCUT2D eigenvalue weighted by atomic mass is 10.2. The van der Waals surface area contributed by atoms with Crippen LogP contribution in [0.15, 0.2) is 42.7 Å². The van der Waals surface area contributed by atoms with Crippen LogP contribution in [0.25, 0.3) is 10.9 Å². The Bertz CT molecular complexity index is 675. The van der Waals surface area contributed by atoms with Gasteiger partial charge in [0.2, 0.25) is 0 Å². The van der Waals surface area contributed by atoms with Gasteiger partial charge in [0.1, 0.15) is 17.9 Å². The smallest absolute Gasteiger partial charge is 0.180 e. The average molecular weight is 257 g/mol. The van der Waals surface area contributed by atoms with Crippen LogP contribution in [0.4, 0.5) is 5.13 Å². The number of thiazole rings is 1. The number of benzene rings is 1. The van der Waals surface area contributed by atoms with Gasteiger partial charge in [0.05, 0.1) is 4.88 Å². The maximum atomic E-state index is 5.77. The zero-order chi connectivity index (χ0) is 12.4. The molecule has 2 heterocycles. The normalized spacial score (nSPS) is 10.7. The largest absolute Gasteiger partial charge is 0.486 e. The molecule has 0 atom stereocenters. The Morgan fingerprint density at radius 3 is 2.89 bits per heavy atom. The number of ether oxygens (including phenoxy) is 1. The molecule has 0 spiro atoms. The number of hydrogen-bond acceptors (Lipinski definition) is 5. The molecule has 1 aromatic carbocycles. The highest BCUT2D eigenvalue weighted by molar-refractivity contribution is 7.15. The van der Waals surface area contributed by atoms with E-state index in [1.807, 2.05) is 30.3 Å². The summed E-state index contributed by atoms with van der Waals surface area (Å²) in [5, 5.41) is 1.63. The minimum Gasteiger partial charge on any atom is -0.486 e. The molecule has 0 unspecified atom stereocenters. The van der Waals surface area contributed by atoms with Crippen LogP contribution in [0, 0.1) is 0 Å². The van der Waals surface area contributed by atoms with E-state index in [0.29, 0.717) is 11.7 Å². The molecule has 0 aliphatic rings. The predicted molar refractivity (Wildman–Crippen MR) is 72.6 cm³/mol. The number of hydrogen-bond donors (Lipinski definition) is 1. The molecule has 3 rings (SSSR count). The van der Waals surface area contributed by atoms with E-state index in [4.69, 9.17) is 10.5 Å². The molecule has 0 aliphatic carbocycles. The monoisotopic (exact) mass is 257 g/mol. The summed E-state index contributed by atoms with van der Waals surface area (Å²) in [6.07, 6.45) is 3.50. The molecule has 0 amide bonds. The Balaban J connectivity index is 1.86. The molecule has 0 saturated heterocycles. The summed E-state index contributed by atoms with van der Waals surface area (Å²) in [7, 11) is 0. The number of nitrogens with zero attached hydrogens (tertiary/aromatic N) is 2. The summed E-state index contributed by atoms with van der Waals surface area (Å²) < 4.78 is 5.77. The van der Waals surface area contributed by atoms with E-state index >= 15 is 0 Å². The van der Waals surface area contributed by atoms with E-state index in [2.05, 4.69) is 9.97 Å². The summed E-state index contributed by atoms with van der Waals surface area (Å²) >= 11 is 1.43. The SMILES string of the molecule is Nc1ncc(COc2cccc3cccnc23)s1. The van der Waals surface area contributed by atoms with Gasteiger partial charge in [0, 0.05) is 17.8 Å². The number of fused-ring (bicyclic) bond motifs is 1. The maximum Gasteiger partial charge on any atom is 0.180 e. The van der Waals surface area contributed by atoms with Gasteiger partial charge >= 0.3 is 0 Å². The average Bonchev–Trinajstić information content (AvgIpc) is 2.82. The second-order valence-electron chi connectivity index (χ2n) is 3.78. The van der Waals surface area contributed by atoms with Crippen LogP contribution in [0.2, 0.25) is 0 Å². The number of para-hydroxylation sites is 1. The van der Waals surface area contributed by atoms with Gasteiger partial charge in [-0.1, -0.05) is 29.5 Å². The molecular formula is C13H11N3OS. The van der Waals surface area contributed by atoms with E-state index in [9.17, 15) is 0 Å². The zero-order valence-electron chi connectivity index (χ0n) is 9.54. The van der Waals surface area contributed by atoms with Crippen molar-refractivity contribution in [3.8, 4) is 5.75 Å². The predicted octanol–water partition coefficient (Wildman–Crippen LogP) is 2.85. The minimum atomic E-state index is 0.463. The summed E-state index contributed by atoms with van der Waals surface area (Å²) in [5.74, 6) is 0.778. The van der Waals surface area contributed by atoms with Gasteiger partial charge in [-0.3, -0.25) is 4.98 Å². The van der Waals surface area contributed by atoms with Crippen LogP contribution >= 0.6 is 11.3 Å².